The van der Waals surface area contributed by atoms with Gasteiger partial charge in [0.1, 0.15) is 12.4 Å². The molecule has 0 spiro atoms. The summed E-state index contributed by atoms with van der Waals surface area (Å²) in [6.45, 7) is 6.84. The van der Waals surface area contributed by atoms with Gasteiger partial charge >= 0.3 is 6.03 Å². The molecular weight excluding hydrogens is 356 g/mol. The monoisotopic (exact) mass is 376 g/mol. The highest BCUT2D eigenvalue weighted by Crippen LogP contribution is 2.22. The standard InChI is InChI=1S/C18H21BrN2O2/c1-12-5-4-6-13(2)17(12)23-10-9-20-18(22)21-16-8-7-15(19)11-14(16)3/h4-8,11H,9-10H2,1-3H3,(H2,20,21,22). The van der Waals surface area contributed by atoms with Gasteiger partial charge in [-0.1, -0.05) is 34.1 Å². The predicted molar refractivity (Wildman–Crippen MR) is 97.3 cm³/mol. The summed E-state index contributed by atoms with van der Waals surface area (Å²) in [5.41, 5.74) is 3.99. The zero-order valence-corrected chi connectivity index (χ0v) is 15.2. The number of urea groups is 1. The first-order valence-corrected chi connectivity index (χ1v) is 8.26. The van der Waals surface area contributed by atoms with Crippen LogP contribution < -0.4 is 15.4 Å². The van der Waals surface area contributed by atoms with Crippen molar-refractivity contribution in [2.24, 2.45) is 0 Å². The fourth-order valence-electron chi connectivity index (χ4n) is 2.28. The van der Waals surface area contributed by atoms with Crippen molar-refractivity contribution in [2.75, 3.05) is 18.5 Å². The average molecular weight is 377 g/mol. The van der Waals surface area contributed by atoms with Crippen molar-refractivity contribution in [3.63, 3.8) is 0 Å². The number of halogens is 1. The molecule has 2 rings (SSSR count). The fourth-order valence-corrected chi connectivity index (χ4v) is 2.75. The normalized spacial score (nSPS) is 10.3. The highest BCUT2D eigenvalue weighted by atomic mass is 79.9. The molecule has 0 fully saturated rings. The van der Waals surface area contributed by atoms with E-state index in [0.717, 1.165) is 32.6 Å². The lowest BCUT2D eigenvalue weighted by molar-refractivity contribution is 0.247. The second-order valence-corrected chi connectivity index (χ2v) is 6.33. The Balaban J connectivity index is 1.79. The zero-order chi connectivity index (χ0) is 16.8. The number of carbonyl (C=O) groups excluding carboxylic acids is 1. The SMILES string of the molecule is Cc1cc(Br)ccc1NC(=O)NCCOc1c(C)cccc1C. The van der Waals surface area contributed by atoms with Crippen LogP contribution in [0.15, 0.2) is 40.9 Å². The van der Waals surface area contributed by atoms with Gasteiger partial charge in [-0.3, -0.25) is 0 Å². The molecule has 0 bridgehead atoms. The summed E-state index contributed by atoms with van der Waals surface area (Å²) in [7, 11) is 0. The molecule has 5 heteroatoms. The maximum atomic E-state index is 11.9. The van der Waals surface area contributed by atoms with Crippen molar-refractivity contribution in [1.29, 1.82) is 0 Å². The van der Waals surface area contributed by atoms with Gasteiger partial charge in [-0.15, -0.1) is 0 Å². The Morgan fingerprint density at radius 2 is 1.78 bits per heavy atom. The number of hydrogen-bond acceptors (Lipinski definition) is 2. The lowest BCUT2D eigenvalue weighted by atomic mass is 10.1. The van der Waals surface area contributed by atoms with Gasteiger partial charge < -0.3 is 15.4 Å². The molecule has 0 aliphatic carbocycles. The Kier molecular flexibility index (Phi) is 6.04. The van der Waals surface area contributed by atoms with Gasteiger partial charge in [0.2, 0.25) is 0 Å². The highest BCUT2D eigenvalue weighted by molar-refractivity contribution is 9.10. The molecule has 0 heterocycles. The van der Waals surface area contributed by atoms with Gasteiger partial charge in [0.15, 0.2) is 0 Å². The topological polar surface area (TPSA) is 50.4 Å². The number of amides is 2. The molecule has 0 aliphatic rings. The van der Waals surface area contributed by atoms with E-state index >= 15 is 0 Å². The molecule has 23 heavy (non-hydrogen) atoms. The zero-order valence-electron chi connectivity index (χ0n) is 13.6. The number of benzene rings is 2. The van der Waals surface area contributed by atoms with Crippen molar-refractivity contribution in [1.82, 2.24) is 5.32 Å². The Labute approximate surface area is 145 Å². The van der Waals surface area contributed by atoms with E-state index in [-0.39, 0.29) is 6.03 Å². The van der Waals surface area contributed by atoms with E-state index in [1.54, 1.807) is 0 Å². The molecule has 2 amide bonds. The van der Waals surface area contributed by atoms with Crippen LogP contribution in [0.1, 0.15) is 16.7 Å². The molecule has 0 saturated heterocycles. The van der Waals surface area contributed by atoms with E-state index in [2.05, 4.69) is 26.6 Å². The van der Waals surface area contributed by atoms with Crippen LogP contribution in [0.3, 0.4) is 0 Å². The van der Waals surface area contributed by atoms with E-state index < -0.39 is 0 Å². The second-order valence-electron chi connectivity index (χ2n) is 5.41. The number of ether oxygens (including phenoxy) is 1. The number of anilines is 1. The van der Waals surface area contributed by atoms with Crippen LogP contribution >= 0.6 is 15.9 Å². The number of carbonyl (C=O) groups is 1. The Hall–Kier alpha value is -2.01. The van der Waals surface area contributed by atoms with Crippen molar-refractivity contribution in [3.8, 4) is 5.75 Å². The molecule has 2 aromatic carbocycles. The molecule has 0 unspecified atom stereocenters. The molecular formula is C18H21BrN2O2. The van der Waals surface area contributed by atoms with Crippen LogP contribution in [0.2, 0.25) is 0 Å². The minimum absolute atomic E-state index is 0.236. The first kappa shape index (κ1) is 17.3. The number of aryl methyl sites for hydroxylation is 3. The number of rotatable bonds is 5. The maximum absolute atomic E-state index is 11.9. The van der Waals surface area contributed by atoms with Crippen LogP contribution in [0.5, 0.6) is 5.75 Å². The summed E-state index contributed by atoms with van der Waals surface area (Å²) in [6, 6.07) is 11.5. The minimum atomic E-state index is -0.236. The lowest BCUT2D eigenvalue weighted by Crippen LogP contribution is -2.32. The van der Waals surface area contributed by atoms with Gasteiger partial charge in [-0.05, 0) is 55.7 Å². The third-order valence-corrected chi connectivity index (χ3v) is 3.97. The molecule has 0 saturated carbocycles. The molecule has 2 aromatic rings. The van der Waals surface area contributed by atoms with E-state index in [0.29, 0.717) is 13.2 Å². The molecule has 0 atom stereocenters. The summed E-state index contributed by atoms with van der Waals surface area (Å²) in [4.78, 5) is 11.9. The molecule has 2 N–H and O–H groups in total. The summed E-state index contributed by atoms with van der Waals surface area (Å²) < 4.78 is 6.75. The predicted octanol–water partition coefficient (Wildman–Crippen LogP) is 4.57. The Morgan fingerprint density at radius 3 is 2.43 bits per heavy atom. The van der Waals surface area contributed by atoms with Crippen LogP contribution in [-0.2, 0) is 0 Å². The Bertz CT molecular complexity index is 681. The van der Waals surface area contributed by atoms with E-state index in [4.69, 9.17) is 4.74 Å². The largest absolute Gasteiger partial charge is 0.491 e. The highest BCUT2D eigenvalue weighted by Gasteiger charge is 2.06. The van der Waals surface area contributed by atoms with E-state index in [1.807, 2.05) is 57.2 Å². The number of hydrogen-bond donors (Lipinski definition) is 2. The summed E-state index contributed by atoms with van der Waals surface area (Å²) >= 11 is 3.40. The number of para-hydroxylation sites is 1. The van der Waals surface area contributed by atoms with Crippen molar-refractivity contribution >= 4 is 27.6 Å². The number of nitrogens with one attached hydrogen (secondary N) is 2. The van der Waals surface area contributed by atoms with Crippen LogP contribution in [0, 0.1) is 20.8 Å². The lowest BCUT2D eigenvalue weighted by Gasteiger charge is -2.13. The van der Waals surface area contributed by atoms with Crippen molar-refractivity contribution < 1.29 is 9.53 Å². The van der Waals surface area contributed by atoms with Gasteiger partial charge in [-0.2, -0.15) is 0 Å². The summed E-state index contributed by atoms with van der Waals surface area (Å²) in [6.07, 6.45) is 0. The van der Waals surface area contributed by atoms with E-state index in [9.17, 15) is 4.79 Å². The minimum Gasteiger partial charge on any atom is -0.491 e. The first-order valence-electron chi connectivity index (χ1n) is 7.47. The summed E-state index contributed by atoms with van der Waals surface area (Å²) in [5.74, 6) is 0.887. The quantitative estimate of drug-likeness (QED) is 0.750. The van der Waals surface area contributed by atoms with Gasteiger partial charge in [-0.25, -0.2) is 4.79 Å². The maximum Gasteiger partial charge on any atom is 0.319 e. The van der Waals surface area contributed by atoms with Crippen LogP contribution in [-0.4, -0.2) is 19.2 Å². The van der Waals surface area contributed by atoms with Crippen LogP contribution in [0.4, 0.5) is 10.5 Å². The van der Waals surface area contributed by atoms with Gasteiger partial charge in [0.25, 0.3) is 0 Å². The van der Waals surface area contributed by atoms with Gasteiger partial charge in [0, 0.05) is 10.2 Å². The molecule has 0 aliphatic heterocycles. The smallest absolute Gasteiger partial charge is 0.319 e. The summed E-state index contributed by atoms with van der Waals surface area (Å²) in [5, 5.41) is 5.63. The molecule has 0 aromatic heterocycles. The fraction of sp³-hybridized carbons (Fsp3) is 0.278. The van der Waals surface area contributed by atoms with Crippen molar-refractivity contribution in [3.05, 3.63) is 57.6 Å². The molecule has 0 radical (unpaired) electrons. The Morgan fingerprint density at radius 1 is 1.09 bits per heavy atom. The molecule has 122 valence electrons. The third kappa shape index (κ3) is 4.99. The van der Waals surface area contributed by atoms with Crippen molar-refractivity contribution in [2.45, 2.75) is 20.8 Å². The third-order valence-electron chi connectivity index (χ3n) is 3.48. The second kappa shape index (κ2) is 8.02. The van der Waals surface area contributed by atoms with Gasteiger partial charge in [0.05, 0.1) is 6.54 Å². The molecule has 4 nitrogen and oxygen atoms in total. The van der Waals surface area contributed by atoms with E-state index in [1.165, 1.54) is 0 Å². The average Bonchev–Trinajstić information content (AvgIpc) is 2.49. The first-order chi connectivity index (χ1) is 11.0. The van der Waals surface area contributed by atoms with Crippen LogP contribution in [0.25, 0.3) is 0 Å².